The Labute approximate surface area is 109 Å². The molecule has 0 aliphatic rings. The van der Waals surface area contributed by atoms with Crippen LogP contribution in [0.15, 0.2) is 24.3 Å². The average Bonchev–Trinajstić information content (AvgIpc) is 2.38. The molecule has 0 aliphatic carbocycles. The highest BCUT2D eigenvalue weighted by molar-refractivity contribution is 6.58. The number of benzene rings is 1. The molecule has 0 fully saturated rings. The van der Waals surface area contributed by atoms with Gasteiger partial charge in [-0.1, -0.05) is 31.2 Å². The lowest BCUT2D eigenvalue weighted by Crippen LogP contribution is -2.30. The van der Waals surface area contributed by atoms with E-state index in [1.54, 1.807) is 12.1 Å². The molecule has 2 N–H and O–H groups in total. The molecule has 0 heterocycles. The van der Waals surface area contributed by atoms with Crippen LogP contribution in [0.2, 0.25) is 0 Å². The number of hydrogen-bond acceptors (Lipinski definition) is 4. The zero-order valence-electron chi connectivity index (χ0n) is 11.2. The minimum absolute atomic E-state index is 0.524. The molecule has 0 aromatic heterocycles. The van der Waals surface area contributed by atoms with Crippen molar-refractivity contribution < 1.29 is 14.8 Å². The number of hydrogen-bond donors (Lipinski definition) is 2. The lowest BCUT2D eigenvalue weighted by molar-refractivity contribution is 0.113. The third-order valence-corrected chi connectivity index (χ3v) is 2.89. The average molecular weight is 251 g/mol. The van der Waals surface area contributed by atoms with E-state index in [1.807, 2.05) is 19.1 Å². The second-order valence-corrected chi connectivity index (χ2v) is 4.18. The van der Waals surface area contributed by atoms with Crippen molar-refractivity contribution in [3.8, 4) is 0 Å². The van der Waals surface area contributed by atoms with E-state index in [2.05, 4.69) is 11.8 Å². The molecule has 100 valence electrons. The Balaban J connectivity index is 2.48. The van der Waals surface area contributed by atoms with Crippen molar-refractivity contribution in [3.63, 3.8) is 0 Å². The molecule has 0 aliphatic heterocycles. The van der Waals surface area contributed by atoms with E-state index in [1.165, 1.54) is 0 Å². The fraction of sp³-hybridized carbons (Fsp3) is 0.538. The van der Waals surface area contributed by atoms with Crippen molar-refractivity contribution in [2.75, 3.05) is 26.3 Å². The SMILES string of the molecule is CCOCCN(CC)Cc1ccc(B(O)O)cc1. The van der Waals surface area contributed by atoms with Crippen LogP contribution in [-0.2, 0) is 11.3 Å². The highest BCUT2D eigenvalue weighted by Crippen LogP contribution is 2.03. The van der Waals surface area contributed by atoms with Crippen molar-refractivity contribution >= 4 is 12.6 Å². The molecular formula is C13H22BNO3. The maximum Gasteiger partial charge on any atom is 0.488 e. The van der Waals surface area contributed by atoms with Gasteiger partial charge in [-0.2, -0.15) is 0 Å². The lowest BCUT2D eigenvalue weighted by Gasteiger charge is -2.20. The van der Waals surface area contributed by atoms with E-state index >= 15 is 0 Å². The molecule has 0 spiro atoms. The highest BCUT2D eigenvalue weighted by atomic mass is 16.5. The van der Waals surface area contributed by atoms with Crippen molar-refractivity contribution in [2.24, 2.45) is 0 Å². The Morgan fingerprint density at radius 3 is 2.33 bits per heavy atom. The van der Waals surface area contributed by atoms with Gasteiger partial charge in [-0.05, 0) is 24.5 Å². The Morgan fingerprint density at radius 1 is 1.17 bits per heavy atom. The lowest BCUT2D eigenvalue weighted by atomic mass is 9.80. The summed E-state index contributed by atoms with van der Waals surface area (Å²) < 4.78 is 5.35. The van der Waals surface area contributed by atoms with Crippen LogP contribution in [-0.4, -0.2) is 48.4 Å². The standard InChI is InChI=1S/C13H22BNO3/c1-3-15(9-10-18-4-2)11-12-5-7-13(8-6-12)14(16)17/h5-8,16-17H,3-4,9-11H2,1-2H3. The largest absolute Gasteiger partial charge is 0.488 e. The first kappa shape index (κ1) is 15.2. The summed E-state index contributed by atoms with van der Waals surface area (Å²) in [5.41, 5.74) is 1.69. The molecule has 0 radical (unpaired) electrons. The van der Waals surface area contributed by atoms with E-state index in [0.29, 0.717) is 5.46 Å². The van der Waals surface area contributed by atoms with E-state index in [4.69, 9.17) is 14.8 Å². The molecule has 0 atom stereocenters. The van der Waals surface area contributed by atoms with Gasteiger partial charge >= 0.3 is 7.12 Å². The van der Waals surface area contributed by atoms with Crippen LogP contribution in [0, 0.1) is 0 Å². The molecule has 1 rings (SSSR count). The highest BCUT2D eigenvalue weighted by Gasteiger charge is 2.10. The fourth-order valence-electron chi connectivity index (χ4n) is 1.74. The van der Waals surface area contributed by atoms with Gasteiger partial charge in [0.2, 0.25) is 0 Å². The molecule has 18 heavy (non-hydrogen) atoms. The second-order valence-electron chi connectivity index (χ2n) is 4.18. The normalized spacial score (nSPS) is 10.9. The number of nitrogens with zero attached hydrogens (tertiary/aromatic N) is 1. The summed E-state index contributed by atoms with van der Waals surface area (Å²) in [7, 11) is -1.39. The van der Waals surface area contributed by atoms with Crippen molar-refractivity contribution in [1.29, 1.82) is 0 Å². The predicted molar refractivity (Wildman–Crippen MR) is 73.7 cm³/mol. The van der Waals surface area contributed by atoms with Gasteiger partial charge in [-0.25, -0.2) is 0 Å². The summed E-state index contributed by atoms with van der Waals surface area (Å²) in [5.74, 6) is 0. The minimum atomic E-state index is -1.39. The molecule has 0 bridgehead atoms. The molecule has 0 saturated carbocycles. The van der Waals surface area contributed by atoms with Crippen molar-refractivity contribution in [1.82, 2.24) is 4.90 Å². The molecule has 0 amide bonds. The molecule has 0 saturated heterocycles. The van der Waals surface area contributed by atoms with E-state index in [-0.39, 0.29) is 0 Å². The van der Waals surface area contributed by atoms with Crippen LogP contribution in [0.5, 0.6) is 0 Å². The van der Waals surface area contributed by atoms with Crippen molar-refractivity contribution in [3.05, 3.63) is 29.8 Å². The molecule has 5 heteroatoms. The maximum absolute atomic E-state index is 9.01. The predicted octanol–water partition coefficient (Wildman–Crippen LogP) is 0.225. The van der Waals surface area contributed by atoms with Gasteiger partial charge in [0.15, 0.2) is 0 Å². The Bertz CT molecular complexity index is 330. The van der Waals surface area contributed by atoms with Crippen LogP contribution < -0.4 is 5.46 Å². The summed E-state index contributed by atoms with van der Waals surface area (Å²) in [4.78, 5) is 2.29. The number of rotatable bonds is 8. The van der Waals surface area contributed by atoms with E-state index in [9.17, 15) is 0 Å². The van der Waals surface area contributed by atoms with Crippen LogP contribution in [0.3, 0.4) is 0 Å². The first-order chi connectivity index (χ1) is 8.67. The summed E-state index contributed by atoms with van der Waals surface area (Å²) in [6.45, 7) is 8.35. The monoisotopic (exact) mass is 251 g/mol. The minimum Gasteiger partial charge on any atom is -0.423 e. The quantitative estimate of drug-likeness (QED) is 0.513. The van der Waals surface area contributed by atoms with Crippen LogP contribution in [0.25, 0.3) is 0 Å². The van der Waals surface area contributed by atoms with Gasteiger partial charge in [0.1, 0.15) is 0 Å². The van der Waals surface area contributed by atoms with Gasteiger partial charge in [0.25, 0.3) is 0 Å². The first-order valence-electron chi connectivity index (χ1n) is 6.42. The topological polar surface area (TPSA) is 52.9 Å². The van der Waals surface area contributed by atoms with Gasteiger partial charge in [-0.3, -0.25) is 4.90 Å². The number of ether oxygens (including phenoxy) is 1. The summed E-state index contributed by atoms with van der Waals surface area (Å²) in [6, 6.07) is 7.35. The van der Waals surface area contributed by atoms with Crippen LogP contribution >= 0.6 is 0 Å². The van der Waals surface area contributed by atoms with Gasteiger partial charge in [-0.15, -0.1) is 0 Å². The zero-order valence-corrected chi connectivity index (χ0v) is 11.2. The van der Waals surface area contributed by atoms with Gasteiger partial charge in [0, 0.05) is 19.7 Å². The third kappa shape index (κ3) is 5.18. The summed E-state index contributed by atoms with van der Waals surface area (Å²) >= 11 is 0. The Hall–Kier alpha value is -0.875. The zero-order chi connectivity index (χ0) is 13.4. The molecule has 1 aromatic rings. The van der Waals surface area contributed by atoms with Crippen LogP contribution in [0.4, 0.5) is 0 Å². The van der Waals surface area contributed by atoms with Crippen LogP contribution in [0.1, 0.15) is 19.4 Å². The van der Waals surface area contributed by atoms with Crippen molar-refractivity contribution in [2.45, 2.75) is 20.4 Å². The van der Waals surface area contributed by atoms with Gasteiger partial charge < -0.3 is 14.8 Å². The molecular weight excluding hydrogens is 229 g/mol. The second kappa shape index (κ2) is 8.27. The molecule has 0 unspecified atom stereocenters. The Kier molecular flexibility index (Phi) is 6.97. The van der Waals surface area contributed by atoms with E-state index < -0.39 is 7.12 Å². The van der Waals surface area contributed by atoms with E-state index in [0.717, 1.165) is 38.4 Å². The van der Waals surface area contributed by atoms with Gasteiger partial charge in [0.05, 0.1) is 6.61 Å². The Morgan fingerprint density at radius 2 is 1.83 bits per heavy atom. The summed E-state index contributed by atoms with van der Waals surface area (Å²) in [5, 5.41) is 18.0. The number of likely N-dealkylation sites (N-methyl/N-ethyl adjacent to an activating group) is 1. The maximum atomic E-state index is 9.01. The smallest absolute Gasteiger partial charge is 0.423 e. The summed E-state index contributed by atoms with van der Waals surface area (Å²) in [6.07, 6.45) is 0. The molecule has 1 aromatic carbocycles. The molecule has 4 nitrogen and oxygen atoms in total. The fourth-order valence-corrected chi connectivity index (χ4v) is 1.74. The first-order valence-corrected chi connectivity index (χ1v) is 6.42. The third-order valence-electron chi connectivity index (χ3n) is 2.89.